The molecule has 0 atom stereocenters. The predicted octanol–water partition coefficient (Wildman–Crippen LogP) is 5.71. The average Bonchev–Trinajstić information content (AvgIpc) is 2.94. The summed E-state index contributed by atoms with van der Waals surface area (Å²) >= 11 is 0. The van der Waals surface area contributed by atoms with Gasteiger partial charge in [-0.25, -0.2) is 4.79 Å². The smallest absolute Gasteiger partial charge is 0.336 e. The second-order valence-electron chi connectivity index (χ2n) is 8.41. The molecular formula is C30H36N2O6. The summed E-state index contributed by atoms with van der Waals surface area (Å²) < 4.78 is 22.1. The number of carbonyl (C=O) groups excluding carboxylic acids is 2. The maximum absolute atomic E-state index is 12.5. The van der Waals surface area contributed by atoms with Crippen molar-refractivity contribution in [3.05, 3.63) is 59.2 Å². The van der Waals surface area contributed by atoms with E-state index >= 15 is 0 Å². The average molecular weight is 521 g/mol. The number of esters is 1. The SMILES string of the molecule is CCCCCCOc1ccc(/C=C/C(=O)Oc2ccc(/C=C(\C#N)C(=O)NCCC)cc2OC)cc1OC. The molecule has 0 aliphatic rings. The Hall–Kier alpha value is -4.25. The lowest BCUT2D eigenvalue weighted by molar-refractivity contribution is -0.129. The molecule has 2 rings (SSSR count). The van der Waals surface area contributed by atoms with Crippen LogP contribution in [0.5, 0.6) is 23.0 Å². The van der Waals surface area contributed by atoms with E-state index in [4.69, 9.17) is 18.9 Å². The van der Waals surface area contributed by atoms with E-state index in [-0.39, 0.29) is 17.1 Å². The summed E-state index contributed by atoms with van der Waals surface area (Å²) in [4.78, 5) is 24.6. The Kier molecular flexibility index (Phi) is 13.0. The zero-order valence-corrected chi connectivity index (χ0v) is 22.5. The van der Waals surface area contributed by atoms with E-state index in [1.807, 2.05) is 25.1 Å². The van der Waals surface area contributed by atoms with Crippen molar-refractivity contribution in [2.45, 2.75) is 46.0 Å². The molecule has 1 amide bonds. The quantitative estimate of drug-likeness (QED) is 0.105. The Balaban J connectivity index is 2.06. The fourth-order valence-electron chi connectivity index (χ4n) is 3.43. The van der Waals surface area contributed by atoms with E-state index in [2.05, 4.69) is 12.2 Å². The maximum atomic E-state index is 12.5. The van der Waals surface area contributed by atoms with Crippen LogP contribution in [0.3, 0.4) is 0 Å². The van der Waals surface area contributed by atoms with Crippen molar-refractivity contribution >= 4 is 24.0 Å². The molecule has 2 aromatic carbocycles. The molecule has 0 unspecified atom stereocenters. The van der Waals surface area contributed by atoms with E-state index in [0.717, 1.165) is 24.8 Å². The lowest BCUT2D eigenvalue weighted by Crippen LogP contribution is -2.25. The summed E-state index contributed by atoms with van der Waals surface area (Å²) in [6.07, 6.45) is 9.61. The first-order valence-corrected chi connectivity index (χ1v) is 12.7. The van der Waals surface area contributed by atoms with E-state index in [0.29, 0.717) is 30.2 Å². The van der Waals surface area contributed by atoms with Crippen LogP contribution in [0.2, 0.25) is 0 Å². The van der Waals surface area contributed by atoms with Gasteiger partial charge in [0.15, 0.2) is 23.0 Å². The molecule has 0 bridgehead atoms. The van der Waals surface area contributed by atoms with Crippen molar-refractivity contribution in [2.75, 3.05) is 27.4 Å². The minimum Gasteiger partial charge on any atom is -0.493 e. The van der Waals surface area contributed by atoms with Gasteiger partial charge in [0.2, 0.25) is 0 Å². The summed E-state index contributed by atoms with van der Waals surface area (Å²) in [5.41, 5.74) is 1.27. The van der Waals surface area contributed by atoms with E-state index in [1.165, 1.54) is 32.1 Å². The molecule has 0 saturated heterocycles. The fraction of sp³-hybridized carbons (Fsp3) is 0.367. The summed E-state index contributed by atoms with van der Waals surface area (Å²) in [5, 5.41) is 12.0. The number of nitrogens with zero attached hydrogens (tertiary/aromatic N) is 1. The normalized spacial score (nSPS) is 11.1. The van der Waals surface area contributed by atoms with Gasteiger partial charge in [0.1, 0.15) is 11.6 Å². The van der Waals surface area contributed by atoms with Crippen LogP contribution in [0, 0.1) is 11.3 Å². The van der Waals surface area contributed by atoms with Crippen LogP contribution >= 0.6 is 0 Å². The number of benzene rings is 2. The highest BCUT2D eigenvalue weighted by molar-refractivity contribution is 6.01. The third-order valence-corrected chi connectivity index (χ3v) is 5.46. The summed E-state index contributed by atoms with van der Waals surface area (Å²) in [5.74, 6) is 0.688. The predicted molar refractivity (Wildman–Crippen MR) is 147 cm³/mol. The van der Waals surface area contributed by atoms with Crippen LogP contribution in [0.25, 0.3) is 12.2 Å². The first kappa shape index (κ1) is 30.0. The lowest BCUT2D eigenvalue weighted by Gasteiger charge is -2.11. The Labute approximate surface area is 224 Å². The topological polar surface area (TPSA) is 107 Å². The van der Waals surface area contributed by atoms with E-state index in [1.54, 1.807) is 37.5 Å². The highest BCUT2D eigenvalue weighted by Crippen LogP contribution is 2.30. The van der Waals surface area contributed by atoms with Gasteiger partial charge >= 0.3 is 5.97 Å². The standard InChI is InChI=1S/C30H36N2O6/c1-5-7-8-9-17-37-25-13-10-22(19-27(25)35-3)12-15-29(33)38-26-14-11-23(20-28(26)36-4)18-24(21-31)30(34)32-16-6-2/h10-15,18-20H,5-9,16-17H2,1-4H3,(H,32,34)/b15-12+,24-18+. The largest absolute Gasteiger partial charge is 0.493 e. The Morgan fingerprint density at radius 3 is 2.26 bits per heavy atom. The zero-order chi connectivity index (χ0) is 27.8. The van der Waals surface area contributed by atoms with E-state index in [9.17, 15) is 14.9 Å². The minimum absolute atomic E-state index is 0.0310. The first-order valence-electron chi connectivity index (χ1n) is 12.7. The molecule has 8 nitrogen and oxygen atoms in total. The highest BCUT2D eigenvalue weighted by atomic mass is 16.6. The lowest BCUT2D eigenvalue weighted by atomic mass is 10.1. The van der Waals surface area contributed by atoms with Crippen molar-refractivity contribution in [1.29, 1.82) is 5.26 Å². The van der Waals surface area contributed by atoms with Gasteiger partial charge < -0.3 is 24.3 Å². The molecule has 38 heavy (non-hydrogen) atoms. The van der Waals surface area contributed by atoms with Crippen LogP contribution in [0.1, 0.15) is 57.1 Å². The summed E-state index contributed by atoms with van der Waals surface area (Å²) in [7, 11) is 3.01. The number of methoxy groups -OCH3 is 2. The van der Waals surface area contributed by atoms with Crippen LogP contribution in [0.4, 0.5) is 0 Å². The number of nitriles is 1. The number of unbranched alkanes of at least 4 members (excludes halogenated alkanes) is 3. The summed E-state index contributed by atoms with van der Waals surface area (Å²) in [6.45, 7) is 5.20. The van der Waals surface area contributed by atoms with Crippen molar-refractivity contribution in [3.8, 4) is 29.1 Å². The molecule has 0 fully saturated rings. The molecule has 0 spiro atoms. The minimum atomic E-state index is -0.599. The second kappa shape index (κ2) is 16.5. The second-order valence-corrected chi connectivity index (χ2v) is 8.41. The molecule has 8 heteroatoms. The number of ether oxygens (including phenoxy) is 4. The van der Waals surface area contributed by atoms with Crippen LogP contribution in [-0.4, -0.2) is 39.2 Å². The van der Waals surface area contributed by atoms with Gasteiger partial charge in [-0.1, -0.05) is 45.2 Å². The summed E-state index contributed by atoms with van der Waals surface area (Å²) in [6, 6.07) is 12.1. The van der Waals surface area contributed by atoms with Crippen LogP contribution < -0.4 is 24.3 Å². The molecule has 0 aromatic heterocycles. The number of carbonyl (C=O) groups is 2. The van der Waals surface area contributed by atoms with Gasteiger partial charge in [0.25, 0.3) is 5.91 Å². The fourth-order valence-corrected chi connectivity index (χ4v) is 3.43. The van der Waals surface area contributed by atoms with Gasteiger partial charge in [0, 0.05) is 12.6 Å². The molecule has 1 N–H and O–H groups in total. The molecule has 0 aliphatic carbocycles. The van der Waals surface area contributed by atoms with Gasteiger partial charge in [0.05, 0.1) is 20.8 Å². The number of rotatable bonds is 15. The molecular weight excluding hydrogens is 484 g/mol. The molecule has 0 saturated carbocycles. The highest BCUT2D eigenvalue weighted by Gasteiger charge is 2.12. The Bertz CT molecular complexity index is 1180. The van der Waals surface area contributed by atoms with E-state index < -0.39 is 11.9 Å². The zero-order valence-electron chi connectivity index (χ0n) is 22.5. The maximum Gasteiger partial charge on any atom is 0.336 e. The van der Waals surface area contributed by atoms with Gasteiger partial charge in [-0.3, -0.25) is 4.79 Å². The van der Waals surface area contributed by atoms with Crippen molar-refractivity contribution in [1.82, 2.24) is 5.32 Å². The van der Waals surface area contributed by atoms with Crippen molar-refractivity contribution in [2.24, 2.45) is 0 Å². The third-order valence-electron chi connectivity index (χ3n) is 5.46. The number of amides is 1. The first-order chi connectivity index (χ1) is 18.4. The van der Waals surface area contributed by atoms with Crippen molar-refractivity contribution in [3.63, 3.8) is 0 Å². The number of hydrogen-bond donors (Lipinski definition) is 1. The van der Waals surface area contributed by atoms with Crippen LogP contribution in [-0.2, 0) is 9.59 Å². The molecule has 2 aromatic rings. The number of hydrogen-bond acceptors (Lipinski definition) is 7. The Morgan fingerprint density at radius 2 is 1.58 bits per heavy atom. The Morgan fingerprint density at radius 1 is 0.895 bits per heavy atom. The monoisotopic (exact) mass is 520 g/mol. The van der Waals surface area contributed by atoms with Crippen LogP contribution in [0.15, 0.2) is 48.0 Å². The number of nitrogens with one attached hydrogen (secondary N) is 1. The third kappa shape index (κ3) is 9.66. The molecule has 202 valence electrons. The molecule has 0 heterocycles. The molecule has 0 aliphatic heterocycles. The molecule has 0 radical (unpaired) electrons. The van der Waals surface area contributed by atoms with Crippen molar-refractivity contribution < 1.29 is 28.5 Å². The van der Waals surface area contributed by atoms with Gasteiger partial charge in [-0.2, -0.15) is 5.26 Å². The van der Waals surface area contributed by atoms with Gasteiger partial charge in [-0.15, -0.1) is 0 Å². The van der Waals surface area contributed by atoms with Gasteiger partial charge in [-0.05, 0) is 60.4 Å².